The van der Waals surface area contributed by atoms with E-state index in [1.54, 1.807) is 121 Å². The number of hydrogen-bond acceptors (Lipinski definition) is 10. The van der Waals surface area contributed by atoms with Crippen LogP contribution in [0, 0.1) is 0 Å². The highest BCUT2D eigenvalue weighted by atomic mass is 32.2. The molecule has 5 rings (SSSR count). The number of rotatable bonds is 12. The molecule has 4 aromatic carbocycles. The third kappa shape index (κ3) is 8.21. The number of ether oxygens (including phenoxy) is 5. The summed E-state index contributed by atoms with van der Waals surface area (Å²) < 4.78 is 29.9. The van der Waals surface area contributed by atoms with Gasteiger partial charge in [-0.3, -0.25) is 0 Å². The van der Waals surface area contributed by atoms with Crippen LogP contribution in [0.4, 0.5) is 0 Å². The van der Waals surface area contributed by atoms with Gasteiger partial charge in [0.2, 0.25) is 0 Å². The fourth-order valence-corrected chi connectivity index (χ4v) is 5.76. The Hall–Kier alpha value is -4.93. The van der Waals surface area contributed by atoms with Gasteiger partial charge in [-0.25, -0.2) is 19.2 Å². The minimum atomic E-state index is -1.26. The van der Waals surface area contributed by atoms with Crippen molar-refractivity contribution >= 4 is 35.6 Å². The van der Waals surface area contributed by atoms with Gasteiger partial charge in [-0.2, -0.15) is 0 Å². The fourth-order valence-electron chi connectivity index (χ4n) is 4.83. The Morgan fingerprint density at radius 3 is 1.48 bits per heavy atom. The van der Waals surface area contributed by atoms with Gasteiger partial charge in [0.15, 0.2) is 18.3 Å². The molecule has 0 spiro atoms. The van der Waals surface area contributed by atoms with Gasteiger partial charge in [-0.15, -0.1) is 11.8 Å². The summed E-state index contributed by atoms with van der Waals surface area (Å²) in [5.41, 5.74) is 0.296. The van der Waals surface area contributed by atoms with Crippen LogP contribution in [0.25, 0.3) is 0 Å². The van der Waals surface area contributed by atoms with E-state index in [9.17, 15) is 19.2 Å². The number of esters is 4. The Kier molecular flexibility index (Phi) is 11.2. The minimum Gasteiger partial charge on any atom is -0.458 e. The van der Waals surface area contributed by atoms with E-state index in [2.05, 4.69) is 0 Å². The predicted octanol–water partition coefficient (Wildman–Crippen LogP) is 6.00. The molecule has 0 saturated carbocycles. The molecule has 0 unspecified atom stereocenters. The molecule has 1 saturated heterocycles. The lowest BCUT2D eigenvalue weighted by Gasteiger charge is -2.28. The average Bonchev–Trinajstić information content (AvgIpc) is 3.43. The first-order chi connectivity index (χ1) is 22.4. The van der Waals surface area contributed by atoms with E-state index in [1.807, 2.05) is 6.92 Å². The standard InChI is InChI=1S/C36H32O9S/c1-2-46-36-31(44-35(40)27-21-13-6-14-22-27)30(43-34(39)26-19-11-5-12-20-26)29(45-36)28(42-33(38)25-17-9-4-10-18-25)23-41-32(37)24-15-7-3-8-16-24/h3-22,28-31,36H,2,23H2,1H3/t28-,29+,30+,31-,36-/m0/s1. The van der Waals surface area contributed by atoms with Gasteiger partial charge in [-0.1, -0.05) is 79.7 Å². The van der Waals surface area contributed by atoms with E-state index in [0.717, 1.165) is 0 Å². The van der Waals surface area contributed by atoms with Crippen molar-refractivity contribution in [3.8, 4) is 0 Å². The van der Waals surface area contributed by atoms with Gasteiger partial charge in [0.25, 0.3) is 0 Å². The van der Waals surface area contributed by atoms with Crippen molar-refractivity contribution in [2.24, 2.45) is 0 Å². The number of benzene rings is 4. The second-order valence-electron chi connectivity index (χ2n) is 10.2. The molecule has 1 heterocycles. The number of carbonyl (C=O) groups is 4. The van der Waals surface area contributed by atoms with E-state index in [4.69, 9.17) is 23.7 Å². The first-order valence-electron chi connectivity index (χ1n) is 14.7. The highest BCUT2D eigenvalue weighted by molar-refractivity contribution is 7.99. The minimum absolute atomic E-state index is 0.254. The molecule has 4 aromatic rings. The highest BCUT2D eigenvalue weighted by Gasteiger charge is 2.54. The third-order valence-electron chi connectivity index (χ3n) is 7.07. The Morgan fingerprint density at radius 2 is 1.02 bits per heavy atom. The molecule has 0 bridgehead atoms. The van der Waals surface area contributed by atoms with Crippen LogP contribution in [0.5, 0.6) is 0 Å². The van der Waals surface area contributed by atoms with Crippen LogP contribution in [-0.2, 0) is 23.7 Å². The first kappa shape index (κ1) is 32.5. The van der Waals surface area contributed by atoms with Crippen LogP contribution < -0.4 is 0 Å². The summed E-state index contributed by atoms with van der Waals surface area (Å²) in [5, 5.41) is 0. The molecule has 1 aliphatic rings. The smallest absolute Gasteiger partial charge is 0.338 e. The molecule has 0 aliphatic carbocycles. The molecule has 0 amide bonds. The van der Waals surface area contributed by atoms with Gasteiger partial charge in [0.05, 0.1) is 22.3 Å². The lowest BCUT2D eigenvalue weighted by molar-refractivity contribution is -0.0899. The second kappa shape index (κ2) is 15.9. The Balaban J connectivity index is 1.49. The van der Waals surface area contributed by atoms with Gasteiger partial charge < -0.3 is 23.7 Å². The normalized spacial score (nSPS) is 19.4. The molecule has 0 aromatic heterocycles. The number of hydrogen-bond donors (Lipinski definition) is 0. The molecule has 9 nitrogen and oxygen atoms in total. The van der Waals surface area contributed by atoms with Crippen LogP contribution in [0.3, 0.4) is 0 Å². The summed E-state index contributed by atoms with van der Waals surface area (Å²) in [5.74, 6) is -2.14. The summed E-state index contributed by atoms with van der Waals surface area (Å²) in [6.45, 7) is 1.47. The molecule has 236 valence electrons. The zero-order valence-electron chi connectivity index (χ0n) is 24.9. The van der Waals surface area contributed by atoms with Crippen LogP contribution in [0.15, 0.2) is 121 Å². The average molecular weight is 641 g/mol. The summed E-state index contributed by atoms with van der Waals surface area (Å²) in [4.78, 5) is 52.9. The SMILES string of the molecule is CCS[C@@H]1O[C@H]([C@H](COC(=O)c2ccccc2)OC(=O)c2ccccc2)[C@@H](OC(=O)c2ccccc2)[C@@H]1OC(=O)c1ccccc1. The molecule has 5 atom stereocenters. The third-order valence-corrected chi connectivity index (χ3v) is 8.11. The topological polar surface area (TPSA) is 114 Å². The van der Waals surface area contributed by atoms with E-state index >= 15 is 0 Å². The van der Waals surface area contributed by atoms with Crippen molar-refractivity contribution in [1.29, 1.82) is 0 Å². The quantitative estimate of drug-likeness (QED) is 0.135. The summed E-state index contributed by atoms with van der Waals surface area (Å²) in [6.07, 6.45) is -4.78. The Morgan fingerprint density at radius 1 is 0.609 bits per heavy atom. The zero-order valence-corrected chi connectivity index (χ0v) is 25.7. The maximum Gasteiger partial charge on any atom is 0.338 e. The van der Waals surface area contributed by atoms with Crippen LogP contribution in [0.1, 0.15) is 48.4 Å². The Labute approximate surface area is 270 Å². The van der Waals surface area contributed by atoms with Crippen molar-refractivity contribution in [2.75, 3.05) is 12.4 Å². The van der Waals surface area contributed by atoms with Crippen LogP contribution in [-0.4, -0.2) is 66.1 Å². The molecule has 0 N–H and O–H groups in total. The largest absolute Gasteiger partial charge is 0.458 e. The van der Waals surface area contributed by atoms with Gasteiger partial charge in [-0.05, 0) is 54.3 Å². The van der Waals surface area contributed by atoms with Crippen molar-refractivity contribution in [1.82, 2.24) is 0 Å². The fraction of sp³-hybridized carbons (Fsp3) is 0.222. The van der Waals surface area contributed by atoms with E-state index in [1.165, 1.54) is 11.8 Å². The molecular formula is C36H32O9S. The summed E-state index contributed by atoms with van der Waals surface area (Å²) >= 11 is 1.33. The van der Waals surface area contributed by atoms with Crippen molar-refractivity contribution in [3.63, 3.8) is 0 Å². The molecule has 1 fully saturated rings. The van der Waals surface area contributed by atoms with Crippen LogP contribution >= 0.6 is 11.8 Å². The molecule has 46 heavy (non-hydrogen) atoms. The maximum atomic E-state index is 13.4. The van der Waals surface area contributed by atoms with Crippen molar-refractivity contribution in [2.45, 2.75) is 36.8 Å². The van der Waals surface area contributed by atoms with E-state index in [-0.39, 0.29) is 11.1 Å². The lowest BCUT2D eigenvalue weighted by atomic mass is 10.1. The number of thioether (sulfide) groups is 1. The van der Waals surface area contributed by atoms with E-state index < -0.39 is 60.3 Å². The number of carbonyl (C=O) groups excluding carboxylic acids is 4. The summed E-state index contributed by atoms with van der Waals surface area (Å²) in [7, 11) is 0. The van der Waals surface area contributed by atoms with E-state index in [0.29, 0.717) is 16.9 Å². The molecule has 10 heteroatoms. The first-order valence-corrected chi connectivity index (χ1v) is 15.8. The predicted molar refractivity (Wildman–Crippen MR) is 170 cm³/mol. The maximum absolute atomic E-state index is 13.4. The monoisotopic (exact) mass is 640 g/mol. The van der Waals surface area contributed by atoms with Gasteiger partial charge in [0.1, 0.15) is 18.1 Å². The molecule has 1 aliphatic heterocycles. The highest BCUT2D eigenvalue weighted by Crippen LogP contribution is 2.37. The van der Waals surface area contributed by atoms with Gasteiger partial charge in [0, 0.05) is 0 Å². The molecular weight excluding hydrogens is 608 g/mol. The van der Waals surface area contributed by atoms with Crippen molar-refractivity contribution in [3.05, 3.63) is 144 Å². The molecule has 0 radical (unpaired) electrons. The Bertz CT molecular complexity index is 1600. The lowest BCUT2D eigenvalue weighted by Crippen LogP contribution is -2.47. The van der Waals surface area contributed by atoms with Gasteiger partial charge >= 0.3 is 23.9 Å². The summed E-state index contributed by atoms with van der Waals surface area (Å²) in [6, 6.07) is 33.3. The zero-order chi connectivity index (χ0) is 32.3. The van der Waals surface area contributed by atoms with Crippen LogP contribution in [0.2, 0.25) is 0 Å². The van der Waals surface area contributed by atoms with Crippen molar-refractivity contribution < 1.29 is 42.9 Å². The second-order valence-corrected chi connectivity index (χ2v) is 11.5.